The number of rotatable bonds is 3. The van der Waals surface area contributed by atoms with Crippen LogP contribution in [0.25, 0.3) is 0 Å². The molecule has 4 nitrogen and oxygen atoms in total. The molecule has 2 aromatic rings. The summed E-state index contributed by atoms with van der Waals surface area (Å²) in [7, 11) is 0. The molecule has 92 valence electrons. The van der Waals surface area contributed by atoms with Gasteiger partial charge in [-0.3, -0.25) is 4.79 Å². The second-order valence-corrected chi connectivity index (χ2v) is 3.79. The number of carbonyl (C=O) groups is 1. The van der Waals surface area contributed by atoms with Crippen LogP contribution >= 0.6 is 0 Å². The van der Waals surface area contributed by atoms with Crippen molar-refractivity contribution >= 4 is 11.6 Å². The zero-order valence-electron chi connectivity index (χ0n) is 9.63. The third-order valence-corrected chi connectivity index (χ3v) is 2.58. The van der Waals surface area contributed by atoms with Gasteiger partial charge in [0.2, 0.25) is 0 Å². The molecule has 2 aromatic carbocycles. The van der Waals surface area contributed by atoms with Crippen LogP contribution < -0.4 is 5.32 Å². The Balaban J connectivity index is 2.25. The monoisotopic (exact) mass is 243 g/mol. The number of aromatic hydroxyl groups is 1. The van der Waals surface area contributed by atoms with E-state index in [1.54, 1.807) is 42.5 Å². The summed E-state index contributed by atoms with van der Waals surface area (Å²) in [6.45, 7) is -0.204. The lowest BCUT2D eigenvalue weighted by Crippen LogP contribution is -2.14. The Kier molecular flexibility index (Phi) is 3.60. The van der Waals surface area contributed by atoms with Crippen LogP contribution in [-0.2, 0) is 6.61 Å². The van der Waals surface area contributed by atoms with Crippen LogP contribution in [0.15, 0.2) is 48.5 Å². The number of phenolic OH excluding ortho intramolecular Hbond substituents is 1. The molecule has 0 unspecified atom stereocenters. The Morgan fingerprint density at radius 2 is 1.72 bits per heavy atom. The first-order valence-corrected chi connectivity index (χ1v) is 5.50. The van der Waals surface area contributed by atoms with Crippen LogP contribution in [0.4, 0.5) is 5.69 Å². The lowest BCUT2D eigenvalue weighted by molar-refractivity contribution is 0.102. The average molecular weight is 243 g/mol. The lowest BCUT2D eigenvalue weighted by atomic mass is 10.1. The van der Waals surface area contributed by atoms with Gasteiger partial charge in [0.15, 0.2) is 0 Å². The Bertz CT molecular complexity index is 566. The first-order chi connectivity index (χ1) is 8.72. The molecule has 2 rings (SSSR count). The number of hydrogen-bond acceptors (Lipinski definition) is 3. The number of para-hydroxylation sites is 2. The molecule has 0 bridgehead atoms. The summed E-state index contributed by atoms with van der Waals surface area (Å²) in [4.78, 5) is 12.0. The van der Waals surface area contributed by atoms with Crippen molar-refractivity contribution in [2.24, 2.45) is 0 Å². The number of amides is 1. The van der Waals surface area contributed by atoms with Crippen LogP contribution in [0.1, 0.15) is 15.9 Å². The fraction of sp³-hybridized carbons (Fsp3) is 0.0714. The lowest BCUT2D eigenvalue weighted by Gasteiger charge is -2.09. The molecule has 0 radical (unpaired) electrons. The van der Waals surface area contributed by atoms with Crippen molar-refractivity contribution in [1.29, 1.82) is 0 Å². The largest absolute Gasteiger partial charge is 0.506 e. The number of anilines is 1. The Morgan fingerprint density at radius 3 is 2.44 bits per heavy atom. The van der Waals surface area contributed by atoms with Gasteiger partial charge in [0.1, 0.15) is 5.75 Å². The molecule has 4 heteroatoms. The molecule has 0 atom stereocenters. The van der Waals surface area contributed by atoms with Gasteiger partial charge in [0.05, 0.1) is 12.3 Å². The first-order valence-electron chi connectivity index (χ1n) is 5.50. The van der Waals surface area contributed by atoms with Crippen LogP contribution in [0.5, 0.6) is 5.75 Å². The van der Waals surface area contributed by atoms with E-state index in [0.717, 1.165) is 0 Å². The van der Waals surface area contributed by atoms with Crippen molar-refractivity contribution < 1.29 is 15.0 Å². The Morgan fingerprint density at radius 1 is 1.06 bits per heavy atom. The summed E-state index contributed by atoms with van der Waals surface area (Å²) in [6.07, 6.45) is 0. The number of carbonyl (C=O) groups excluding carboxylic acids is 1. The third-order valence-electron chi connectivity index (χ3n) is 2.58. The molecule has 0 heterocycles. The van der Waals surface area contributed by atoms with Gasteiger partial charge in [-0.15, -0.1) is 0 Å². The van der Waals surface area contributed by atoms with Gasteiger partial charge in [-0.25, -0.2) is 0 Å². The molecule has 0 saturated heterocycles. The molecule has 0 spiro atoms. The van der Waals surface area contributed by atoms with Crippen molar-refractivity contribution in [3.63, 3.8) is 0 Å². The number of hydrogen-bond donors (Lipinski definition) is 3. The fourth-order valence-electron chi connectivity index (χ4n) is 1.65. The van der Waals surface area contributed by atoms with Crippen molar-refractivity contribution in [3.8, 4) is 5.75 Å². The van der Waals surface area contributed by atoms with Gasteiger partial charge in [0.25, 0.3) is 5.91 Å². The molecule has 1 amide bonds. The SMILES string of the molecule is O=C(Nc1ccccc1O)c1ccccc1CO. The van der Waals surface area contributed by atoms with Crippen molar-refractivity contribution in [2.45, 2.75) is 6.61 Å². The van der Waals surface area contributed by atoms with Gasteiger partial charge in [0, 0.05) is 5.56 Å². The minimum absolute atomic E-state index is 0.00679. The van der Waals surface area contributed by atoms with E-state index >= 15 is 0 Å². The minimum atomic E-state index is -0.360. The predicted octanol–water partition coefficient (Wildman–Crippen LogP) is 2.14. The number of nitrogens with one attached hydrogen (secondary N) is 1. The molecule has 0 saturated carbocycles. The second-order valence-electron chi connectivity index (χ2n) is 3.79. The van der Waals surface area contributed by atoms with Gasteiger partial charge in [-0.05, 0) is 23.8 Å². The highest BCUT2D eigenvalue weighted by Gasteiger charge is 2.11. The van der Waals surface area contributed by atoms with Gasteiger partial charge < -0.3 is 15.5 Å². The average Bonchev–Trinajstić information content (AvgIpc) is 2.41. The number of aliphatic hydroxyl groups excluding tert-OH is 1. The summed E-state index contributed by atoms with van der Waals surface area (Å²) in [5, 5.41) is 21.3. The van der Waals surface area contributed by atoms with E-state index in [2.05, 4.69) is 5.32 Å². The van der Waals surface area contributed by atoms with E-state index in [-0.39, 0.29) is 18.3 Å². The molecule has 0 aromatic heterocycles. The highest BCUT2D eigenvalue weighted by atomic mass is 16.3. The molecular weight excluding hydrogens is 230 g/mol. The molecule has 3 N–H and O–H groups in total. The van der Waals surface area contributed by atoms with Crippen LogP contribution in [-0.4, -0.2) is 16.1 Å². The summed E-state index contributed by atoms with van der Waals surface area (Å²) in [5.74, 6) is -0.353. The first kappa shape index (κ1) is 12.1. The maximum atomic E-state index is 12.0. The standard InChI is InChI=1S/C14H13NO3/c16-9-10-5-1-2-6-11(10)14(18)15-12-7-3-4-8-13(12)17/h1-8,16-17H,9H2,(H,15,18). The predicted molar refractivity (Wildman–Crippen MR) is 68.4 cm³/mol. The van der Waals surface area contributed by atoms with Crippen LogP contribution in [0.3, 0.4) is 0 Å². The van der Waals surface area contributed by atoms with Gasteiger partial charge >= 0.3 is 0 Å². The Labute approximate surface area is 105 Å². The minimum Gasteiger partial charge on any atom is -0.506 e. The van der Waals surface area contributed by atoms with E-state index in [4.69, 9.17) is 5.11 Å². The highest BCUT2D eigenvalue weighted by Crippen LogP contribution is 2.22. The van der Waals surface area contributed by atoms with Gasteiger partial charge in [-0.1, -0.05) is 30.3 Å². The van der Waals surface area contributed by atoms with Crippen molar-refractivity contribution in [1.82, 2.24) is 0 Å². The van der Waals surface area contributed by atoms with E-state index in [9.17, 15) is 9.90 Å². The van der Waals surface area contributed by atoms with Gasteiger partial charge in [-0.2, -0.15) is 0 Å². The highest BCUT2D eigenvalue weighted by molar-refractivity contribution is 6.05. The zero-order valence-corrected chi connectivity index (χ0v) is 9.63. The normalized spacial score (nSPS) is 10.1. The zero-order chi connectivity index (χ0) is 13.0. The molecule has 0 aliphatic rings. The molecular formula is C14H13NO3. The van der Waals surface area contributed by atoms with Crippen LogP contribution in [0, 0.1) is 0 Å². The smallest absolute Gasteiger partial charge is 0.256 e. The second kappa shape index (κ2) is 5.33. The summed E-state index contributed by atoms with van der Waals surface area (Å²) in [6, 6.07) is 13.3. The van der Waals surface area contributed by atoms with Crippen molar-refractivity contribution in [3.05, 3.63) is 59.7 Å². The number of aliphatic hydroxyl groups is 1. The van der Waals surface area contributed by atoms with E-state index in [1.165, 1.54) is 6.07 Å². The maximum absolute atomic E-state index is 12.0. The van der Waals surface area contributed by atoms with Crippen LogP contribution in [0.2, 0.25) is 0 Å². The third kappa shape index (κ3) is 2.49. The molecule has 0 aliphatic heterocycles. The summed E-state index contributed by atoms with van der Waals surface area (Å²) >= 11 is 0. The number of benzene rings is 2. The van der Waals surface area contributed by atoms with E-state index in [1.807, 2.05) is 0 Å². The Hall–Kier alpha value is -2.33. The quantitative estimate of drug-likeness (QED) is 0.723. The molecule has 18 heavy (non-hydrogen) atoms. The fourth-order valence-corrected chi connectivity index (χ4v) is 1.65. The number of phenols is 1. The van der Waals surface area contributed by atoms with Crippen molar-refractivity contribution in [2.75, 3.05) is 5.32 Å². The maximum Gasteiger partial charge on any atom is 0.256 e. The topological polar surface area (TPSA) is 69.6 Å². The van der Waals surface area contributed by atoms with E-state index < -0.39 is 0 Å². The summed E-state index contributed by atoms with van der Waals surface area (Å²) in [5.41, 5.74) is 1.28. The summed E-state index contributed by atoms with van der Waals surface area (Å²) < 4.78 is 0. The van der Waals surface area contributed by atoms with E-state index in [0.29, 0.717) is 16.8 Å². The molecule has 0 aliphatic carbocycles. The molecule has 0 fully saturated rings.